The Kier molecular flexibility index (Phi) is 4.08. The lowest BCUT2D eigenvalue weighted by molar-refractivity contribution is 0.575. The molecule has 0 aliphatic carbocycles. The first kappa shape index (κ1) is 9.52. The van der Waals surface area contributed by atoms with Gasteiger partial charge in [-0.25, -0.2) is 0 Å². The van der Waals surface area contributed by atoms with Crippen molar-refractivity contribution >= 4 is 5.84 Å². The van der Waals surface area contributed by atoms with Crippen molar-refractivity contribution in [2.75, 3.05) is 19.6 Å². The zero-order valence-corrected chi connectivity index (χ0v) is 8.06. The highest BCUT2D eigenvalue weighted by Gasteiger charge is 2.03. The van der Waals surface area contributed by atoms with Gasteiger partial charge in [0.15, 0.2) is 0 Å². The van der Waals surface area contributed by atoms with Crippen molar-refractivity contribution in [1.29, 1.82) is 0 Å². The second-order valence-corrected chi connectivity index (χ2v) is 3.47. The Bertz CT molecular complexity index is 152. The van der Waals surface area contributed by atoms with Crippen LogP contribution in [-0.2, 0) is 0 Å². The summed E-state index contributed by atoms with van der Waals surface area (Å²) in [4.78, 5) is 4.33. The molecular weight excluding hydrogens is 150 g/mol. The third kappa shape index (κ3) is 3.72. The molecule has 3 nitrogen and oxygen atoms in total. The first-order chi connectivity index (χ1) is 5.79. The molecule has 12 heavy (non-hydrogen) atoms. The van der Waals surface area contributed by atoms with Crippen LogP contribution in [0.4, 0.5) is 0 Å². The van der Waals surface area contributed by atoms with Crippen molar-refractivity contribution in [2.45, 2.75) is 32.7 Å². The van der Waals surface area contributed by atoms with Gasteiger partial charge in [-0.05, 0) is 13.0 Å². The molecule has 0 aromatic rings. The summed E-state index contributed by atoms with van der Waals surface area (Å²) in [6.45, 7) is 7.44. The van der Waals surface area contributed by atoms with Crippen LogP contribution >= 0.6 is 0 Å². The summed E-state index contributed by atoms with van der Waals surface area (Å²) in [7, 11) is 0. The van der Waals surface area contributed by atoms with E-state index in [1.54, 1.807) is 0 Å². The SMILES string of the molecule is CC(C)NCCCC1=NCCN1. The van der Waals surface area contributed by atoms with E-state index in [0.29, 0.717) is 6.04 Å². The van der Waals surface area contributed by atoms with Crippen LogP contribution in [0, 0.1) is 0 Å². The van der Waals surface area contributed by atoms with E-state index in [4.69, 9.17) is 0 Å². The van der Waals surface area contributed by atoms with Crippen LogP contribution in [0.15, 0.2) is 4.99 Å². The molecule has 1 heterocycles. The van der Waals surface area contributed by atoms with Gasteiger partial charge in [0, 0.05) is 19.0 Å². The maximum Gasteiger partial charge on any atom is 0.0964 e. The lowest BCUT2D eigenvalue weighted by Crippen LogP contribution is -2.25. The standard InChI is InChI=1S/C9H19N3/c1-8(2)10-5-3-4-9-11-6-7-12-9/h8,10H,3-7H2,1-2H3,(H,11,12). The summed E-state index contributed by atoms with van der Waals surface area (Å²) >= 11 is 0. The molecule has 3 heteroatoms. The molecule has 1 aliphatic heterocycles. The summed E-state index contributed by atoms with van der Waals surface area (Å²) in [5, 5.41) is 6.65. The number of aliphatic imine (C=N–C) groups is 1. The molecule has 1 rings (SSSR count). The van der Waals surface area contributed by atoms with Gasteiger partial charge in [0.1, 0.15) is 0 Å². The Balaban J connectivity index is 1.95. The molecule has 0 radical (unpaired) electrons. The first-order valence-electron chi connectivity index (χ1n) is 4.79. The maximum absolute atomic E-state index is 4.33. The molecule has 0 aromatic carbocycles. The third-order valence-electron chi connectivity index (χ3n) is 1.89. The molecule has 1 aliphatic rings. The fourth-order valence-corrected chi connectivity index (χ4v) is 1.26. The van der Waals surface area contributed by atoms with Crippen LogP contribution in [0.5, 0.6) is 0 Å². The van der Waals surface area contributed by atoms with E-state index in [1.807, 2.05) is 0 Å². The van der Waals surface area contributed by atoms with Crippen molar-refractivity contribution < 1.29 is 0 Å². The monoisotopic (exact) mass is 169 g/mol. The maximum atomic E-state index is 4.33. The highest BCUT2D eigenvalue weighted by molar-refractivity contribution is 5.83. The van der Waals surface area contributed by atoms with E-state index < -0.39 is 0 Å². The van der Waals surface area contributed by atoms with Crippen LogP contribution in [0.2, 0.25) is 0 Å². The van der Waals surface area contributed by atoms with Gasteiger partial charge in [0.05, 0.1) is 12.4 Å². The molecule has 0 fully saturated rings. The smallest absolute Gasteiger partial charge is 0.0964 e. The van der Waals surface area contributed by atoms with E-state index in [0.717, 1.165) is 26.1 Å². The van der Waals surface area contributed by atoms with Gasteiger partial charge in [-0.1, -0.05) is 13.8 Å². The number of amidine groups is 1. The van der Waals surface area contributed by atoms with Crippen molar-refractivity contribution in [2.24, 2.45) is 4.99 Å². The molecule has 70 valence electrons. The van der Waals surface area contributed by atoms with Crippen LogP contribution < -0.4 is 10.6 Å². The average molecular weight is 169 g/mol. The topological polar surface area (TPSA) is 36.4 Å². The number of hydrogen-bond acceptors (Lipinski definition) is 3. The Morgan fingerprint density at radius 3 is 3.00 bits per heavy atom. The van der Waals surface area contributed by atoms with Gasteiger partial charge < -0.3 is 10.6 Å². The summed E-state index contributed by atoms with van der Waals surface area (Å²) in [6, 6.07) is 0.600. The molecule has 0 aromatic heterocycles. The Morgan fingerprint density at radius 1 is 1.58 bits per heavy atom. The second-order valence-electron chi connectivity index (χ2n) is 3.47. The van der Waals surface area contributed by atoms with E-state index in [9.17, 15) is 0 Å². The second kappa shape index (κ2) is 5.14. The Morgan fingerprint density at radius 2 is 2.42 bits per heavy atom. The van der Waals surface area contributed by atoms with Gasteiger partial charge in [-0.3, -0.25) is 4.99 Å². The van der Waals surface area contributed by atoms with Gasteiger partial charge in [0.25, 0.3) is 0 Å². The van der Waals surface area contributed by atoms with Gasteiger partial charge in [-0.15, -0.1) is 0 Å². The van der Waals surface area contributed by atoms with Crippen LogP contribution in [0.3, 0.4) is 0 Å². The fourth-order valence-electron chi connectivity index (χ4n) is 1.26. The molecule has 0 unspecified atom stereocenters. The highest BCUT2D eigenvalue weighted by atomic mass is 15.1. The molecule has 0 spiro atoms. The van der Waals surface area contributed by atoms with Crippen molar-refractivity contribution in [3.63, 3.8) is 0 Å². The zero-order valence-electron chi connectivity index (χ0n) is 8.06. The van der Waals surface area contributed by atoms with Gasteiger partial charge >= 0.3 is 0 Å². The third-order valence-corrected chi connectivity index (χ3v) is 1.89. The van der Waals surface area contributed by atoms with Crippen LogP contribution in [0.1, 0.15) is 26.7 Å². The zero-order chi connectivity index (χ0) is 8.81. The summed E-state index contributed by atoms with van der Waals surface area (Å²) < 4.78 is 0. The van der Waals surface area contributed by atoms with Gasteiger partial charge in [-0.2, -0.15) is 0 Å². The van der Waals surface area contributed by atoms with Gasteiger partial charge in [0.2, 0.25) is 0 Å². The summed E-state index contributed by atoms with van der Waals surface area (Å²) in [6.07, 6.45) is 2.28. The van der Waals surface area contributed by atoms with Crippen LogP contribution in [0.25, 0.3) is 0 Å². The molecule has 0 saturated heterocycles. The predicted octanol–water partition coefficient (Wildman–Crippen LogP) is 0.766. The number of rotatable bonds is 5. The quantitative estimate of drug-likeness (QED) is 0.596. The molecule has 0 saturated carbocycles. The first-order valence-corrected chi connectivity index (χ1v) is 4.79. The molecule has 0 bridgehead atoms. The minimum Gasteiger partial charge on any atom is -0.372 e. The fraction of sp³-hybridized carbons (Fsp3) is 0.889. The number of nitrogens with one attached hydrogen (secondary N) is 2. The predicted molar refractivity (Wildman–Crippen MR) is 52.7 cm³/mol. The van der Waals surface area contributed by atoms with E-state index in [2.05, 4.69) is 29.5 Å². The lowest BCUT2D eigenvalue weighted by atomic mass is 10.2. The van der Waals surface area contributed by atoms with Crippen molar-refractivity contribution in [3.05, 3.63) is 0 Å². The van der Waals surface area contributed by atoms with E-state index in [1.165, 1.54) is 12.3 Å². The van der Waals surface area contributed by atoms with E-state index >= 15 is 0 Å². The number of hydrogen-bond donors (Lipinski definition) is 2. The highest BCUT2D eigenvalue weighted by Crippen LogP contribution is 1.94. The molecule has 0 amide bonds. The minimum absolute atomic E-state index is 0.600. The molecule has 2 N–H and O–H groups in total. The lowest BCUT2D eigenvalue weighted by Gasteiger charge is -2.07. The summed E-state index contributed by atoms with van der Waals surface area (Å²) in [5.41, 5.74) is 0. The Hall–Kier alpha value is -0.570. The summed E-state index contributed by atoms with van der Waals surface area (Å²) in [5.74, 6) is 1.19. The Labute approximate surface area is 74.6 Å². The normalized spacial score (nSPS) is 16.4. The minimum atomic E-state index is 0.600. The largest absolute Gasteiger partial charge is 0.372 e. The molecule has 0 atom stereocenters. The van der Waals surface area contributed by atoms with Crippen LogP contribution in [-0.4, -0.2) is 31.5 Å². The average Bonchev–Trinajstić information content (AvgIpc) is 2.49. The molecular formula is C9H19N3. The van der Waals surface area contributed by atoms with E-state index in [-0.39, 0.29) is 0 Å². The van der Waals surface area contributed by atoms with Crippen molar-refractivity contribution in [3.8, 4) is 0 Å². The number of nitrogens with zero attached hydrogens (tertiary/aromatic N) is 1. The van der Waals surface area contributed by atoms with Crippen molar-refractivity contribution in [1.82, 2.24) is 10.6 Å².